The van der Waals surface area contributed by atoms with Crippen LogP contribution in [0.2, 0.25) is 0 Å². The Hall–Kier alpha value is -1.46. The topological polar surface area (TPSA) is 57.3 Å². The molecule has 3 rings (SSSR count). The lowest BCUT2D eigenvalue weighted by atomic mass is 9.79. The number of carbonyl (C=O) groups is 1. The molecule has 5 heteroatoms. The minimum atomic E-state index is 0.222. The molecule has 150 valence electrons. The number of nitrogens with zero attached hydrogens (tertiary/aromatic N) is 2. The number of nitrogens with one attached hydrogen (secondary N) is 2. The highest BCUT2D eigenvalue weighted by Crippen LogP contribution is 2.31. The molecule has 2 saturated heterocycles. The van der Waals surface area contributed by atoms with Gasteiger partial charge in [0, 0.05) is 50.5 Å². The van der Waals surface area contributed by atoms with E-state index in [4.69, 9.17) is 0 Å². The van der Waals surface area contributed by atoms with Crippen LogP contribution in [0.3, 0.4) is 0 Å². The molecule has 2 aliphatic heterocycles. The number of carbonyl (C=O) groups excluding carboxylic acids is 1. The standard InChI is InChI=1S/C22H36N4O/c1-3-20(4-2)25-22(27)9-5-8-21-19-11-18(13-24-21)15-26(16-19)14-17-7-6-10-23-12-17/h6-7,10,12,18-21,24H,3-5,8-9,11,13-16H2,1-2H3,(H,25,27)/t18?,19?,21-/m1/s1. The molecule has 2 fully saturated rings. The van der Waals surface area contributed by atoms with E-state index in [-0.39, 0.29) is 5.91 Å². The second-order valence-corrected chi connectivity index (χ2v) is 8.41. The molecule has 0 aliphatic carbocycles. The zero-order valence-electron chi connectivity index (χ0n) is 17.0. The Morgan fingerprint density at radius 1 is 1.37 bits per heavy atom. The number of fused-ring (bicyclic) bond motifs is 2. The Balaban J connectivity index is 1.43. The number of aromatic nitrogens is 1. The smallest absolute Gasteiger partial charge is 0.220 e. The average molecular weight is 373 g/mol. The highest BCUT2D eigenvalue weighted by Gasteiger charge is 2.36. The molecule has 3 heterocycles. The minimum Gasteiger partial charge on any atom is -0.353 e. The van der Waals surface area contributed by atoms with Gasteiger partial charge in [-0.25, -0.2) is 0 Å². The number of likely N-dealkylation sites (tertiary alicyclic amines) is 1. The number of piperidine rings is 2. The summed E-state index contributed by atoms with van der Waals surface area (Å²) in [7, 11) is 0. The van der Waals surface area contributed by atoms with Crippen LogP contribution in [-0.2, 0) is 11.3 Å². The first-order valence-corrected chi connectivity index (χ1v) is 10.8. The molecular formula is C22H36N4O. The normalized spacial score (nSPS) is 25.5. The fraction of sp³-hybridized carbons (Fsp3) is 0.727. The monoisotopic (exact) mass is 372 g/mol. The van der Waals surface area contributed by atoms with Gasteiger partial charge >= 0.3 is 0 Å². The van der Waals surface area contributed by atoms with E-state index in [1.54, 1.807) is 0 Å². The van der Waals surface area contributed by atoms with Crippen LogP contribution in [0.1, 0.15) is 57.9 Å². The van der Waals surface area contributed by atoms with Crippen molar-refractivity contribution in [3.05, 3.63) is 30.1 Å². The largest absolute Gasteiger partial charge is 0.353 e. The molecule has 3 atom stereocenters. The lowest BCUT2D eigenvalue weighted by Gasteiger charge is -2.46. The number of pyridine rings is 1. The highest BCUT2D eigenvalue weighted by atomic mass is 16.1. The fourth-order valence-corrected chi connectivity index (χ4v) is 4.76. The van der Waals surface area contributed by atoms with Gasteiger partial charge in [-0.3, -0.25) is 14.7 Å². The van der Waals surface area contributed by atoms with Crippen molar-refractivity contribution < 1.29 is 4.79 Å². The highest BCUT2D eigenvalue weighted by molar-refractivity contribution is 5.76. The zero-order valence-corrected chi connectivity index (χ0v) is 17.0. The van der Waals surface area contributed by atoms with Crippen molar-refractivity contribution in [3.63, 3.8) is 0 Å². The summed E-state index contributed by atoms with van der Waals surface area (Å²) >= 11 is 0. The van der Waals surface area contributed by atoms with Gasteiger partial charge in [-0.1, -0.05) is 19.9 Å². The maximum absolute atomic E-state index is 12.1. The van der Waals surface area contributed by atoms with E-state index in [1.807, 2.05) is 18.5 Å². The van der Waals surface area contributed by atoms with Crippen LogP contribution in [0.4, 0.5) is 0 Å². The van der Waals surface area contributed by atoms with E-state index in [2.05, 4.69) is 40.4 Å². The summed E-state index contributed by atoms with van der Waals surface area (Å²) in [6.45, 7) is 8.73. The summed E-state index contributed by atoms with van der Waals surface area (Å²) in [5.41, 5.74) is 1.31. The van der Waals surface area contributed by atoms with Gasteiger partial charge in [-0.05, 0) is 62.1 Å². The van der Waals surface area contributed by atoms with Gasteiger partial charge in [0.15, 0.2) is 0 Å². The van der Waals surface area contributed by atoms with E-state index >= 15 is 0 Å². The van der Waals surface area contributed by atoms with Gasteiger partial charge in [-0.15, -0.1) is 0 Å². The molecule has 5 nitrogen and oxygen atoms in total. The van der Waals surface area contributed by atoms with Crippen LogP contribution in [0, 0.1) is 11.8 Å². The zero-order chi connectivity index (χ0) is 19.1. The molecule has 2 aliphatic rings. The third-order valence-electron chi connectivity index (χ3n) is 6.28. The average Bonchev–Trinajstić information content (AvgIpc) is 2.68. The van der Waals surface area contributed by atoms with Crippen molar-refractivity contribution in [2.75, 3.05) is 19.6 Å². The Labute approximate surface area is 164 Å². The number of hydrogen-bond acceptors (Lipinski definition) is 4. The molecule has 0 saturated carbocycles. The molecule has 0 spiro atoms. The van der Waals surface area contributed by atoms with Crippen LogP contribution in [0.15, 0.2) is 24.5 Å². The molecule has 1 amide bonds. The summed E-state index contributed by atoms with van der Waals surface area (Å²) in [4.78, 5) is 19.0. The van der Waals surface area contributed by atoms with Crippen LogP contribution < -0.4 is 10.6 Å². The summed E-state index contributed by atoms with van der Waals surface area (Å²) in [6, 6.07) is 5.09. The predicted molar refractivity (Wildman–Crippen MR) is 109 cm³/mol. The Morgan fingerprint density at radius 3 is 2.96 bits per heavy atom. The van der Waals surface area contributed by atoms with Gasteiger partial charge in [-0.2, -0.15) is 0 Å². The van der Waals surface area contributed by atoms with Gasteiger partial charge in [0.25, 0.3) is 0 Å². The van der Waals surface area contributed by atoms with Gasteiger partial charge in [0.2, 0.25) is 5.91 Å². The maximum atomic E-state index is 12.1. The lowest BCUT2D eigenvalue weighted by Crippen LogP contribution is -2.55. The van der Waals surface area contributed by atoms with Gasteiger partial charge in [0.05, 0.1) is 0 Å². The van der Waals surface area contributed by atoms with E-state index < -0.39 is 0 Å². The van der Waals surface area contributed by atoms with Crippen molar-refractivity contribution in [2.45, 2.75) is 71.0 Å². The third-order valence-corrected chi connectivity index (χ3v) is 6.28. The fourth-order valence-electron chi connectivity index (χ4n) is 4.76. The molecule has 0 aromatic carbocycles. The first kappa shape index (κ1) is 20.3. The second-order valence-electron chi connectivity index (χ2n) is 8.41. The molecule has 0 radical (unpaired) electrons. The van der Waals surface area contributed by atoms with Crippen LogP contribution in [0.5, 0.6) is 0 Å². The molecule has 27 heavy (non-hydrogen) atoms. The van der Waals surface area contributed by atoms with Crippen LogP contribution in [0.25, 0.3) is 0 Å². The van der Waals surface area contributed by atoms with Gasteiger partial charge in [0.1, 0.15) is 0 Å². The van der Waals surface area contributed by atoms with Crippen molar-refractivity contribution in [1.82, 2.24) is 20.5 Å². The van der Waals surface area contributed by atoms with Crippen LogP contribution in [-0.4, -0.2) is 47.5 Å². The summed E-state index contributed by atoms with van der Waals surface area (Å²) < 4.78 is 0. The first-order valence-electron chi connectivity index (χ1n) is 10.8. The van der Waals surface area contributed by atoms with Crippen molar-refractivity contribution in [3.8, 4) is 0 Å². The summed E-state index contributed by atoms with van der Waals surface area (Å²) in [5, 5.41) is 6.93. The number of amides is 1. The van der Waals surface area contributed by atoms with Crippen LogP contribution >= 0.6 is 0 Å². The summed E-state index contributed by atoms with van der Waals surface area (Å²) in [6.07, 6.45) is 9.94. The second kappa shape index (κ2) is 10.2. The molecular weight excluding hydrogens is 336 g/mol. The number of rotatable bonds is 9. The third kappa shape index (κ3) is 6.01. The summed E-state index contributed by atoms with van der Waals surface area (Å²) in [5.74, 6) is 1.69. The lowest BCUT2D eigenvalue weighted by molar-refractivity contribution is -0.122. The van der Waals surface area contributed by atoms with E-state index in [1.165, 1.54) is 18.5 Å². The Morgan fingerprint density at radius 2 is 2.22 bits per heavy atom. The minimum absolute atomic E-state index is 0.222. The Bertz CT molecular complexity index is 575. The number of hydrogen-bond donors (Lipinski definition) is 2. The molecule has 2 unspecified atom stereocenters. The quantitative estimate of drug-likeness (QED) is 0.700. The van der Waals surface area contributed by atoms with Crippen molar-refractivity contribution >= 4 is 5.91 Å². The van der Waals surface area contributed by atoms with E-state index in [0.29, 0.717) is 24.4 Å². The molecule has 2 bridgehead atoms. The van der Waals surface area contributed by atoms with Gasteiger partial charge < -0.3 is 10.6 Å². The van der Waals surface area contributed by atoms with Crippen molar-refractivity contribution in [2.24, 2.45) is 11.8 Å². The van der Waals surface area contributed by atoms with E-state index in [9.17, 15) is 4.79 Å². The maximum Gasteiger partial charge on any atom is 0.220 e. The van der Waals surface area contributed by atoms with E-state index in [0.717, 1.165) is 51.2 Å². The first-order chi connectivity index (χ1) is 13.2. The predicted octanol–water partition coefficient (Wildman–Crippen LogP) is 2.97. The molecule has 2 N–H and O–H groups in total. The van der Waals surface area contributed by atoms with Crippen molar-refractivity contribution in [1.29, 1.82) is 0 Å². The molecule has 1 aromatic rings. The Kier molecular flexibility index (Phi) is 7.65. The SMILES string of the molecule is CCC(CC)NC(=O)CCC[C@H]1NCC2CC1CN(Cc1cccnc1)C2. The molecule has 1 aromatic heterocycles.